The first kappa shape index (κ1) is 12.5. The summed E-state index contributed by atoms with van der Waals surface area (Å²) in [6.07, 6.45) is 1.87. The van der Waals surface area contributed by atoms with Crippen molar-refractivity contribution in [2.24, 2.45) is 5.92 Å². The predicted molar refractivity (Wildman–Crippen MR) is 66.1 cm³/mol. The SMILES string of the molecule is Cc1cccc(S(=O)(=O)N2CCC(C)CC2)n1. The van der Waals surface area contributed by atoms with Gasteiger partial charge in [-0.05, 0) is 37.8 Å². The Bertz CT molecular complexity index is 491. The minimum atomic E-state index is -3.39. The summed E-state index contributed by atoms with van der Waals surface area (Å²) < 4.78 is 26.2. The van der Waals surface area contributed by atoms with Gasteiger partial charge in [0.1, 0.15) is 0 Å². The second-order valence-corrected chi connectivity index (χ2v) is 6.59. The van der Waals surface area contributed by atoms with Gasteiger partial charge in [0.25, 0.3) is 10.0 Å². The van der Waals surface area contributed by atoms with Gasteiger partial charge in [0.2, 0.25) is 0 Å². The van der Waals surface area contributed by atoms with E-state index in [9.17, 15) is 8.42 Å². The summed E-state index contributed by atoms with van der Waals surface area (Å²) >= 11 is 0. The molecule has 0 saturated carbocycles. The normalized spacial score (nSPS) is 19.4. The van der Waals surface area contributed by atoms with Crippen LogP contribution in [-0.2, 0) is 10.0 Å². The number of rotatable bonds is 2. The van der Waals surface area contributed by atoms with Crippen LogP contribution in [0, 0.1) is 12.8 Å². The molecule has 94 valence electrons. The van der Waals surface area contributed by atoms with Gasteiger partial charge < -0.3 is 0 Å². The summed E-state index contributed by atoms with van der Waals surface area (Å²) in [5.74, 6) is 0.618. The average molecular weight is 254 g/mol. The number of sulfonamides is 1. The van der Waals surface area contributed by atoms with Gasteiger partial charge in [-0.25, -0.2) is 13.4 Å². The molecule has 17 heavy (non-hydrogen) atoms. The molecule has 0 amide bonds. The van der Waals surface area contributed by atoms with Gasteiger partial charge in [0.15, 0.2) is 5.03 Å². The van der Waals surface area contributed by atoms with Gasteiger partial charge >= 0.3 is 0 Å². The fourth-order valence-corrected chi connectivity index (χ4v) is 3.49. The molecule has 0 N–H and O–H groups in total. The standard InChI is InChI=1S/C12H18N2O2S/c1-10-6-8-14(9-7-10)17(15,16)12-5-3-4-11(2)13-12/h3-5,10H,6-9H2,1-2H3. The number of piperidine rings is 1. The quantitative estimate of drug-likeness (QED) is 0.808. The van der Waals surface area contributed by atoms with E-state index in [1.807, 2.05) is 0 Å². The van der Waals surface area contributed by atoms with Crippen molar-refractivity contribution >= 4 is 10.0 Å². The molecule has 0 aromatic carbocycles. The van der Waals surface area contributed by atoms with Gasteiger partial charge in [-0.15, -0.1) is 0 Å². The fourth-order valence-electron chi connectivity index (χ4n) is 2.02. The number of aryl methyl sites for hydroxylation is 1. The largest absolute Gasteiger partial charge is 0.260 e. The molecule has 0 radical (unpaired) electrons. The monoisotopic (exact) mass is 254 g/mol. The molecule has 0 aliphatic carbocycles. The van der Waals surface area contributed by atoms with Crippen LogP contribution in [0.25, 0.3) is 0 Å². The van der Waals surface area contributed by atoms with E-state index in [1.54, 1.807) is 29.4 Å². The lowest BCUT2D eigenvalue weighted by atomic mass is 10.0. The highest BCUT2D eigenvalue weighted by Gasteiger charge is 2.28. The molecular formula is C12H18N2O2S. The molecule has 0 atom stereocenters. The molecule has 1 aliphatic rings. The third kappa shape index (κ3) is 2.66. The summed E-state index contributed by atoms with van der Waals surface area (Å²) in [7, 11) is -3.39. The van der Waals surface area contributed by atoms with Crippen LogP contribution >= 0.6 is 0 Å². The Morgan fingerprint density at radius 3 is 2.53 bits per heavy atom. The molecule has 2 rings (SSSR count). The Balaban J connectivity index is 2.25. The highest BCUT2D eigenvalue weighted by atomic mass is 32.2. The van der Waals surface area contributed by atoms with Gasteiger partial charge in [-0.2, -0.15) is 4.31 Å². The predicted octanol–water partition coefficient (Wildman–Crippen LogP) is 1.81. The lowest BCUT2D eigenvalue weighted by Gasteiger charge is -2.29. The Morgan fingerprint density at radius 2 is 1.94 bits per heavy atom. The van der Waals surface area contributed by atoms with E-state index in [0.29, 0.717) is 19.0 Å². The molecule has 1 aromatic rings. The fraction of sp³-hybridized carbons (Fsp3) is 0.583. The maximum absolute atomic E-state index is 12.3. The minimum Gasteiger partial charge on any atom is -0.240 e. The van der Waals surface area contributed by atoms with Crippen LogP contribution in [0.4, 0.5) is 0 Å². The average Bonchev–Trinajstić information content (AvgIpc) is 2.29. The van der Waals surface area contributed by atoms with Gasteiger partial charge in [0, 0.05) is 18.8 Å². The number of nitrogens with zero attached hydrogens (tertiary/aromatic N) is 2. The Kier molecular flexibility index (Phi) is 3.49. The van der Waals surface area contributed by atoms with E-state index < -0.39 is 10.0 Å². The van der Waals surface area contributed by atoms with Crippen LogP contribution in [0.2, 0.25) is 0 Å². The third-order valence-electron chi connectivity index (χ3n) is 3.21. The van der Waals surface area contributed by atoms with Crippen molar-refractivity contribution in [2.45, 2.75) is 31.7 Å². The molecule has 2 heterocycles. The van der Waals surface area contributed by atoms with Crippen LogP contribution < -0.4 is 0 Å². The van der Waals surface area contributed by atoms with Crippen molar-refractivity contribution in [3.63, 3.8) is 0 Å². The first-order chi connectivity index (χ1) is 8.00. The van der Waals surface area contributed by atoms with Crippen LogP contribution in [-0.4, -0.2) is 30.8 Å². The lowest BCUT2D eigenvalue weighted by Crippen LogP contribution is -2.38. The van der Waals surface area contributed by atoms with Crippen molar-refractivity contribution < 1.29 is 8.42 Å². The van der Waals surface area contributed by atoms with E-state index in [2.05, 4.69) is 11.9 Å². The van der Waals surface area contributed by atoms with E-state index in [4.69, 9.17) is 0 Å². The molecule has 1 aromatic heterocycles. The van der Waals surface area contributed by atoms with E-state index >= 15 is 0 Å². The van der Waals surface area contributed by atoms with Crippen molar-refractivity contribution in [2.75, 3.05) is 13.1 Å². The Morgan fingerprint density at radius 1 is 1.29 bits per heavy atom. The number of hydrogen-bond acceptors (Lipinski definition) is 3. The van der Waals surface area contributed by atoms with Crippen molar-refractivity contribution in [1.82, 2.24) is 9.29 Å². The number of hydrogen-bond donors (Lipinski definition) is 0. The highest BCUT2D eigenvalue weighted by molar-refractivity contribution is 7.89. The molecule has 4 nitrogen and oxygen atoms in total. The molecule has 5 heteroatoms. The van der Waals surface area contributed by atoms with Gasteiger partial charge in [-0.3, -0.25) is 0 Å². The van der Waals surface area contributed by atoms with Gasteiger partial charge in [-0.1, -0.05) is 13.0 Å². The summed E-state index contributed by atoms with van der Waals surface area (Å²) in [5, 5.41) is 0.173. The third-order valence-corrected chi connectivity index (χ3v) is 5.01. The molecular weight excluding hydrogens is 236 g/mol. The topological polar surface area (TPSA) is 50.3 Å². The second kappa shape index (κ2) is 4.74. The minimum absolute atomic E-state index is 0.173. The summed E-state index contributed by atoms with van der Waals surface area (Å²) in [6, 6.07) is 5.11. The van der Waals surface area contributed by atoms with Crippen LogP contribution in [0.3, 0.4) is 0 Å². The Labute approximate surface area is 103 Å². The molecule has 1 saturated heterocycles. The van der Waals surface area contributed by atoms with E-state index in [1.165, 1.54) is 0 Å². The summed E-state index contributed by atoms with van der Waals surface area (Å²) in [6.45, 7) is 5.18. The second-order valence-electron chi connectivity index (χ2n) is 4.70. The van der Waals surface area contributed by atoms with Crippen LogP contribution in [0.1, 0.15) is 25.5 Å². The summed E-state index contributed by atoms with van der Waals surface area (Å²) in [4.78, 5) is 4.11. The molecule has 1 aliphatic heterocycles. The number of aromatic nitrogens is 1. The smallest absolute Gasteiger partial charge is 0.240 e. The van der Waals surface area contributed by atoms with E-state index in [-0.39, 0.29) is 5.03 Å². The number of pyridine rings is 1. The van der Waals surface area contributed by atoms with Crippen LogP contribution in [0.5, 0.6) is 0 Å². The van der Waals surface area contributed by atoms with Crippen molar-refractivity contribution in [1.29, 1.82) is 0 Å². The van der Waals surface area contributed by atoms with E-state index in [0.717, 1.165) is 18.5 Å². The van der Waals surface area contributed by atoms with Gasteiger partial charge in [0.05, 0.1) is 0 Å². The lowest BCUT2D eigenvalue weighted by molar-refractivity contribution is 0.287. The Hall–Kier alpha value is -0.940. The summed E-state index contributed by atoms with van der Waals surface area (Å²) in [5.41, 5.74) is 0.733. The first-order valence-electron chi connectivity index (χ1n) is 5.94. The zero-order valence-electron chi connectivity index (χ0n) is 10.3. The molecule has 0 spiro atoms. The zero-order valence-corrected chi connectivity index (χ0v) is 11.1. The van der Waals surface area contributed by atoms with Crippen molar-refractivity contribution in [3.05, 3.63) is 23.9 Å². The maximum Gasteiger partial charge on any atom is 0.260 e. The maximum atomic E-state index is 12.3. The first-order valence-corrected chi connectivity index (χ1v) is 7.38. The molecule has 1 fully saturated rings. The van der Waals surface area contributed by atoms with Crippen molar-refractivity contribution in [3.8, 4) is 0 Å². The molecule has 0 unspecified atom stereocenters. The molecule has 0 bridgehead atoms. The zero-order chi connectivity index (χ0) is 12.5. The van der Waals surface area contributed by atoms with Crippen LogP contribution in [0.15, 0.2) is 23.2 Å². The highest BCUT2D eigenvalue weighted by Crippen LogP contribution is 2.22.